The molecule has 1 saturated heterocycles. The van der Waals surface area contributed by atoms with Crippen molar-refractivity contribution in [3.05, 3.63) is 29.8 Å². The fraction of sp³-hybridized carbons (Fsp3) is 0.600. The highest BCUT2D eigenvalue weighted by Crippen LogP contribution is 2.30. The van der Waals surface area contributed by atoms with Crippen LogP contribution >= 0.6 is 0 Å². The number of rotatable bonds is 5. The molecular formula is C15H22F2N2O2. The molecule has 1 aromatic rings. The summed E-state index contributed by atoms with van der Waals surface area (Å²) in [6, 6.07) is 6.52. The second-order valence-electron chi connectivity index (χ2n) is 5.43. The van der Waals surface area contributed by atoms with Gasteiger partial charge in [0.25, 0.3) is 0 Å². The number of ether oxygens (including phenoxy) is 1. The molecule has 0 saturated carbocycles. The van der Waals surface area contributed by atoms with Crippen LogP contribution in [0.15, 0.2) is 24.3 Å². The summed E-state index contributed by atoms with van der Waals surface area (Å²) in [5.41, 5.74) is 0.378. The molecular weight excluding hydrogens is 278 g/mol. The monoisotopic (exact) mass is 300 g/mol. The molecule has 0 aromatic heterocycles. The van der Waals surface area contributed by atoms with E-state index in [0.717, 1.165) is 38.2 Å². The summed E-state index contributed by atoms with van der Waals surface area (Å²) in [6.45, 7) is 2.70. The second kappa shape index (κ2) is 7.15. The van der Waals surface area contributed by atoms with Crippen LogP contribution in [0.3, 0.4) is 0 Å². The van der Waals surface area contributed by atoms with E-state index in [1.54, 1.807) is 12.1 Å². The number of alkyl halides is 2. The first kappa shape index (κ1) is 16.1. The smallest absolute Gasteiger partial charge is 0.387 e. The Hall–Kier alpha value is -1.24. The minimum atomic E-state index is -2.82. The van der Waals surface area contributed by atoms with Crippen LogP contribution in [-0.4, -0.2) is 49.4 Å². The molecule has 1 aromatic carbocycles. The Morgan fingerprint density at radius 1 is 1.29 bits per heavy atom. The van der Waals surface area contributed by atoms with Gasteiger partial charge in [0.05, 0.1) is 12.1 Å². The lowest BCUT2D eigenvalue weighted by Crippen LogP contribution is -2.48. The van der Waals surface area contributed by atoms with Gasteiger partial charge in [0, 0.05) is 19.6 Å². The molecule has 1 unspecified atom stereocenters. The van der Waals surface area contributed by atoms with Crippen molar-refractivity contribution < 1.29 is 18.6 Å². The number of nitrogens with zero attached hydrogens (tertiary/aromatic N) is 1. The summed E-state index contributed by atoms with van der Waals surface area (Å²) in [6.07, 6.45) is 1.02. The Balaban J connectivity index is 2.18. The predicted octanol–water partition coefficient (Wildman–Crippen LogP) is 1.79. The van der Waals surface area contributed by atoms with Crippen molar-refractivity contribution in [2.45, 2.75) is 25.5 Å². The molecule has 0 aliphatic carbocycles. The van der Waals surface area contributed by atoms with Crippen LogP contribution in [0.4, 0.5) is 8.78 Å². The Bertz CT molecular complexity index is 434. The maximum Gasteiger partial charge on any atom is 0.387 e. The number of hydrogen-bond donors (Lipinski definition) is 2. The molecule has 1 fully saturated rings. The lowest BCUT2D eigenvalue weighted by molar-refractivity contribution is -0.0499. The van der Waals surface area contributed by atoms with Gasteiger partial charge >= 0.3 is 6.61 Å². The van der Waals surface area contributed by atoms with Crippen LogP contribution < -0.4 is 10.1 Å². The molecule has 6 heteroatoms. The van der Waals surface area contributed by atoms with Crippen molar-refractivity contribution in [1.82, 2.24) is 10.2 Å². The summed E-state index contributed by atoms with van der Waals surface area (Å²) >= 11 is 0. The summed E-state index contributed by atoms with van der Waals surface area (Å²) < 4.78 is 28.7. The maximum atomic E-state index is 12.2. The van der Waals surface area contributed by atoms with Crippen molar-refractivity contribution in [2.75, 3.05) is 32.8 Å². The minimum Gasteiger partial charge on any atom is -0.435 e. The summed E-state index contributed by atoms with van der Waals surface area (Å²) in [4.78, 5) is 2.23. The number of hydrogen-bond acceptors (Lipinski definition) is 4. The zero-order chi connectivity index (χ0) is 15.3. The number of aliphatic hydroxyl groups excluding tert-OH is 1. The Morgan fingerprint density at radius 3 is 2.62 bits per heavy atom. The lowest BCUT2D eigenvalue weighted by atomic mass is 9.90. The SMILES string of the molecule is CC(CO)(c1ccc(OC(F)F)cc1)N1CCCNCC1. The van der Waals surface area contributed by atoms with Gasteiger partial charge in [-0.15, -0.1) is 0 Å². The van der Waals surface area contributed by atoms with Gasteiger partial charge in [-0.1, -0.05) is 12.1 Å². The van der Waals surface area contributed by atoms with E-state index >= 15 is 0 Å². The molecule has 0 radical (unpaired) electrons. The molecule has 0 amide bonds. The highest BCUT2D eigenvalue weighted by molar-refractivity contribution is 5.32. The fourth-order valence-corrected chi connectivity index (χ4v) is 2.71. The largest absolute Gasteiger partial charge is 0.435 e. The third-order valence-corrected chi connectivity index (χ3v) is 4.05. The summed E-state index contributed by atoms with van der Waals surface area (Å²) in [7, 11) is 0. The van der Waals surface area contributed by atoms with Crippen molar-refractivity contribution in [3.8, 4) is 5.75 Å². The third kappa shape index (κ3) is 3.90. The van der Waals surface area contributed by atoms with Gasteiger partial charge in [-0.2, -0.15) is 8.78 Å². The van der Waals surface area contributed by atoms with E-state index in [2.05, 4.69) is 15.0 Å². The van der Waals surface area contributed by atoms with Gasteiger partial charge in [-0.25, -0.2) is 0 Å². The molecule has 2 N–H and O–H groups in total. The van der Waals surface area contributed by atoms with Gasteiger partial charge in [0.2, 0.25) is 0 Å². The van der Waals surface area contributed by atoms with E-state index in [4.69, 9.17) is 0 Å². The van der Waals surface area contributed by atoms with Crippen LogP contribution in [0.2, 0.25) is 0 Å². The highest BCUT2D eigenvalue weighted by Gasteiger charge is 2.33. The first-order chi connectivity index (χ1) is 10.1. The third-order valence-electron chi connectivity index (χ3n) is 4.05. The quantitative estimate of drug-likeness (QED) is 0.870. The molecule has 1 aliphatic rings. The number of halogens is 2. The van der Waals surface area contributed by atoms with Gasteiger partial charge in [-0.05, 0) is 37.6 Å². The van der Waals surface area contributed by atoms with Crippen LogP contribution in [0.25, 0.3) is 0 Å². The molecule has 0 bridgehead atoms. The summed E-state index contributed by atoms with van der Waals surface area (Å²) in [5.74, 6) is 0.131. The normalized spacial score (nSPS) is 20.0. The van der Waals surface area contributed by atoms with Gasteiger partial charge < -0.3 is 15.2 Å². The maximum absolute atomic E-state index is 12.2. The average Bonchev–Trinajstić information content (AvgIpc) is 2.76. The number of nitrogens with one attached hydrogen (secondary N) is 1. The van der Waals surface area contributed by atoms with Crippen molar-refractivity contribution in [1.29, 1.82) is 0 Å². The Labute approximate surface area is 123 Å². The van der Waals surface area contributed by atoms with Crippen LogP contribution in [0.1, 0.15) is 18.9 Å². The van der Waals surface area contributed by atoms with Gasteiger partial charge in [0.1, 0.15) is 5.75 Å². The Morgan fingerprint density at radius 2 is 2.00 bits per heavy atom. The van der Waals surface area contributed by atoms with Crippen LogP contribution in [0, 0.1) is 0 Å². The first-order valence-corrected chi connectivity index (χ1v) is 7.18. The topological polar surface area (TPSA) is 44.7 Å². The predicted molar refractivity (Wildman–Crippen MR) is 76.6 cm³/mol. The first-order valence-electron chi connectivity index (χ1n) is 7.18. The van der Waals surface area contributed by atoms with Crippen molar-refractivity contribution in [3.63, 3.8) is 0 Å². The molecule has 2 rings (SSSR count). The van der Waals surface area contributed by atoms with E-state index in [-0.39, 0.29) is 12.4 Å². The Kier molecular flexibility index (Phi) is 5.50. The van der Waals surface area contributed by atoms with E-state index in [1.165, 1.54) is 12.1 Å². The van der Waals surface area contributed by atoms with Crippen molar-refractivity contribution >= 4 is 0 Å². The van der Waals surface area contributed by atoms with E-state index in [1.807, 2.05) is 6.92 Å². The average molecular weight is 300 g/mol. The van der Waals surface area contributed by atoms with E-state index in [0.29, 0.717) is 0 Å². The fourth-order valence-electron chi connectivity index (χ4n) is 2.71. The van der Waals surface area contributed by atoms with Crippen LogP contribution in [-0.2, 0) is 5.54 Å². The zero-order valence-electron chi connectivity index (χ0n) is 12.2. The number of aliphatic hydroxyl groups is 1. The number of benzene rings is 1. The molecule has 118 valence electrons. The summed E-state index contributed by atoms with van der Waals surface area (Å²) in [5, 5.41) is 13.2. The van der Waals surface area contributed by atoms with E-state index < -0.39 is 12.2 Å². The molecule has 0 spiro atoms. The van der Waals surface area contributed by atoms with Gasteiger partial charge in [-0.3, -0.25) is 4.90 Å². The standard InChI is InChI=1S/C15H22F2N2O2/c1-15(11-20,19-9-2-7-18-8-10-19)12-3-5-13(6-4-12)21-14(16)17/h3-6,14,18,20H,2,7-11H2,1H3. The lowest BCUT2D eigenvalue weighted by Gasteiger charge is -2.40. The van der Waals surface area contributed by atoms with Crippen molar-refractivity contribution in [2.24, 2.45) is 0 Å². The molecule has 4 nitrogen and oxygen atoms in total. The minimum absolute atomic E-state index is 0.0257. The second-order valence-corrected chi connectivity index (χ2v) is 5.43. The van der Waals surface area contributed by atoms with Gasteiger partial charge in [0.15, 0.2) is 0 Å². The highest BCUT2D eigenvalue weighted by atomic mass is 19.3. The van der Waals surface area contributed by atoms with E-state index in [9.17, 15) is 13.9 Å². The molecule has 1 aliphatic heterocycles. The molecule has 21 heavy (non-hydrogen) atoms. The zero-order valence-corrected chi connectivity index (χ0v) is 12.2. The van der Waals surface area contributed by atoms with Crippen LogP contribution in [0.5, 0.6) is 5.75 Å². The molecule has 1 heterocycles. The molecule has 1 atom stereocenters.